The first-order valence-corrected chi connectivity index (χ1v) is 8.97. The van der Waals surface area contributed by atoms with Crippen molar-refractivity contribution < 1.29 is 4.74 Å². The average molecular weight is 411 g/mol. The number of para-hydroxylation sites is 1. The number of anilines is 1. The Morgan fingerprint density at radius 2 is 1.73 bits per heavy atom. The molecule has 1 N–H and O–H groups in total. The molecule has 0 radical (unpaired) electrons. The molecule has 1 heterocycles. The molecule has 1 aromatic heterocycles. The number of aromatic nitrogens is 2. The van der Waals surface area contributed by atoms with Gasteiger partial charge in [0.05, 0.1) is 6.21 Å². The number of benzene rings is 2. The summed E-state index contributed by atoms with van der Waals surface area (Å²) in [6.07, 6.45) is 1.71. The van der Waals surface area contributed by atoms with E-state index < -0.39 is 0 Å². The Balaban J connectivity index is 1.67. The van der Waals surface area contributed by atoms with Gasteiger partial charge in [0.15, 0.2) is 0 Å². The molecule has 0 bridgehead atoms. The molecule has 0 aliphatic heterocycles. The quantitative estimate of drug-likeness (QED) is 0.464. The van der Waals surface area contributed by atoms with E-state index in [1.807, 2.05) is 68.4 Å². The van der Waals surface area contributed by atoms with Crippen molar-refractivity contribution in [1.29, 1.82) is 0 Å². The summed E-state index contributed by atoms with van der Waals surface area (Å²) >= 11 is 3.43. The molecule has 3 aromatic rings. The summed E-state index contributed by atoms with van der Waals surface area (Å²) in [6.45, 7) is 4.34. The van der Waals surface area contributed by atoms with Gasteiger partial charge in [0.25, 0.3) is 0 Å². The topological polar surface area (TPSA) is 59.4 Å². The van der Waals surface area contributed by atoms with Gasteiger partial charge in [0.1, 0.15) is 12.4 Å². The van der Waals surface area contributed by atoms with E-state index in [4.69, 9.17) is 4.74 Å². The van der Waals surface area contributed by atoms with Crippen molar-refractivity contribution in [1.82, 2.24) is 9.97 Å². The van der Waals surface area contributed by atoms with Crippen LogP contribution in [0.4, 0.5) is 5.95 Å². The Bertz CT molecular complexity index is 890. The number of hydrogen-bond donors (Lipinski definition) is 1. The second kappa shape index (κ2) is 8.58. The first-order valence-electron chi connectivity index (χ1n) is 8.18. The van der Waals surface area contributed by atoms with Crippen molar-refractivity contribution in [3.8, 4) is 5.75 Å². The molecule has 0 unspecified atom stereocenters. The third-order valence-corrected chi connectivity index (χ3v) is 4.11. The standard InChI is InChI=1S/C20H19BrN4O/c1-14-11-15(2)24-20(23-14)25-22-12-17-5-3-4-6-19(17)26-13-16-7-9-18(21)10-8-16/h3-12H,13H2,1-2H3,(H,23,24,25)/b22-12-. The van der Waals surface area contributed by atoms with Crippen LogP contribution in [0.3, 0.4) is 0 Å². The van der Waals surface area contributed by atoms with Crippen molar-refractivity contribution >= 4 is 28.1 Å². The van der Waals surface area contributed by atoms with Crippen LogP contribution in [0, 0.1) is 13.8 Å². The van der Waals surface area contributed by atoms with Crippen molar-refractivity contribution in [2.45, 2.75) is 20.5 Å². The maximum Gasteiger partial charge on any atom is 0.243 e. The predicted molar refractivity (Wildman–Crippen MR) is 108 cm³/mol. The molecule has 0 amide bonds. The number of nitrogens with one attached hydrogen (secondary N) is 1. The zero-order valence-corrected chi connectivity index (χ0v) is 16.2. The highest BCUT2D eigenvalue weighted by atomic mass is 79.9. The number of hydrazone groups is 1. The minimum atomic E-state index is 0.479. The molecule has 6 heteroatoms. The van der Waals surface area contributed by atoms with Crippen LogP contribution in [0.5, 0.6) is 5.75 Å². The van der Waals surface area contributed by atoms with Crippen LogP contribution >= 0.6 is 15.9 Å². The number of ether oxygens (including phenoxy) is 1. The van der Waals surface area contributed by atoms with Gasteiger partial charge in [-0.15, -0.1) is 0 Å². The predicted octanol–water partition coefficient (Wildman–Crippen LogP) is 4.88. The molecule has 26 heavy (non-hydrogen) atoms. The van der Waals surface area contributed by atoms with Crippen LogP contribution in [0.25, 0.3) is 0 Å². The van der Waals surface area contributed by atoms with Crippen molar-refractivity contribution in [2.24, 2.45) is 5.10 Å². The average Bonchev–Trinajstić information content (AvgIpc) is 2.61. The normalized spacial score (nSPS) is 10.9. The van der Waals surface area contributed by atoms with Crippen LogP contribution in [0.1, 0.15) is 22.5 Å². The summed E-state index contributed by atoms with van der Waals surface area (Å²) < 4.78 is 6.99. The zero-order valence-electron chi connectivity index (χ0n) is 14.6. The maximum atomic E-state index is 5.94. The van der Waals surface area contributed by atoms with Gasteiger partial charge in [-0.2, -0.15) is 5.10 Å². The van der Waals surface area contributed by atoms with E-state index in [1.54, 1.807) is 6.21 Å². The molecule has 5 nitrogen and oxygen atoms in total. The first kappa shape index (κ1) is 18.1. The van der Waals surface area contributed by atoms with Crippen LogP contribution in [0.15, 0.2) is 64.2 Å². The summed E-state index contributed by atoms with van der Waals surface area (Å²) in [5.74, 6) is 1.24. The summed E-state index contributed by atoms with van der Waals surface area (Å²) in [7, 11) is 0. The minimum Gasteiger partial charge on any atom is -0.488 e. The van der Waals surface area contributed by atoms with Crippen molar-refractivity contribution in [3.05, 3.63) is 81.6 Å². The van der Waals surface area contributed by atoms with Crippen LogP contribution in [0.2, 0.25) is 0 Å². The summed E-state index contributed by atoms with van der Waals surface area (Å²) in [5, 5.41) is 4.24. The number of aryl methyl sites for hydroxylation is 2. The van der Waals surface area contributed by atoms with Crippen LogP contribution < -0.4 is 10.2 Å². The van der Waals surface area contributed by atoms with Crippen LogP contribution in [-0.2, 0) is 6.61 Å². The molecule has 0 saturated carbocycles. The molecule has 132 valence electrons. The zero-order chi connectivity index (χ0) is 18.4. The number of nitrogens with zero attached hydrogens (tertiary/aromatic N) is 3. The van der Waals surface area contributed by atoms with Crippen molar-refractivity contribution in [3.63, 3.8) is 0 Å². The van der Waals surface area contributed by atoms with Crippen LogP contribution in [-0.4, -0.2) is 16.2 Å². The smallest absolute Gasteiger partial charge is 0.243 e. The Hall–Kier alpha value is -2.73. The summed E-state index contributed by atoms with van der Waals surface area (Å²) in [5.41, 5.74) is 6.64. The SMILES string of the molecule is Cc1cc(C)nc(N/N=C\c2ccccc2OCc2ccc(Br)cc2)n1. The Kier molecular flexibility index (Phi) is 5.96. The first-order chi connectivity index (χ1) is 12.6. The third kappa shape index (κ3) is 5.13. The third-order valence-electron chi connectivity index (χ3n) is 3.58. The van der Waals surface area contributed by atoms with E-state index in [1.165, 1.54) is 0 Å². The van der Waals surface area contributed by atoms with E-state index in [0.717, 1.165) is 32.7 Å². The summed E-state index contributed by atoms with van der Waals surface area (Å²) in [4.78, 5) is 8.60. The highest BCUT2D eigenvalue weighted by molar-refractivity contribution is 9.10. The summed E-state index contributed by atoms with van der Waals surface area (Å²) in [6, 6.07) is 17.7. The van der Waals surface area contributed by atoms with Gasteiger partial charge in [0.2, 0.25) is 5.95 Å². The molecule has 0 saturated heterocycles. The van der Waals surface area contributed by atoms with Gasteiger partial charge >= 0.3 is 0 Å². The molecule has 2 aromatic carbocycles. The fraction of sp³-hybridized carbons (Fsp3) is 0.150. The van der Waals surface area contributed by atoms with Gasteiger partial charge in [-0.05, 0) is 49.7 Å². The molecule has 0 aliphatic carbocycles. The molecule has 3 rings (SSSR count). The lowest BCUT2D eigenvalue weighted by Gasteiger charge is -2.09. The minimum absolute atomic E-state index is 0.479. The van der Waals surface area contributed by atoms with E-state index in [-0.39, 0.29) is 0 Å². The van der Waals surface area contributed by atoms with Gasteiger partial charge in [-0.3, -0.25) is 0 Å². The monoisotopic (exact) mass is 410 g/mol. The Morgan fingerprint density at radius 1 is 1.04 bits per heavy atom. The van der Waals surface area contributed by atoms with Gasteiger partial charge in [-0.1, -0.05) is 40.2 Å². The van der Waals surface area contributed by atoms with Gasteiger partial charge in [0, 0.05) is 21.4 Å². The number of rotatable bonds is 6. The van der Waals surface area contributed by atoms with Gasteiger partial charge in [-0.25, -0.2) is 15.4 Å². The fourth-order valence-electron chi connectivity index (χ4n) is 2.40. The van der Waals surface area contributed by atoms with E-state index in [9.17, 15) is 0 Å². The molecule has 0 fully saturated rings. The fourth-order valence-corrected chi connectivity index (χ4v) is 2.66. The second-order valence-electron chi connectivity index (χ2n) is 5.80. The lowest BCUT2D eigenvalue weighted by molar-refractivity contribution is 0.306. The number of hydrogen-bond acceptors (Lipinski definition) is 5. The highest BCUT2D eigenvalue weighted by Crippen LogP contribution is 2.18. The number of halogens is 1. The Labute approximate surface area is 161 Å². The largest absolute Gasteiger partial charge is 0.488 e. The second-order valence-corrected chi connectivity index (χ2v) is 6.71. The van der Waals surface area contributed by atoms with E-state index in [2.05, 4.69) is 36.4 Å². The highest BCUT2D eigenvalue weighted by Gasteiger charge is 2.02. The lowest BCUT2D eigenvalue weighted by Crippen LogP contribution is -2.01. The van der Waals surface area contributed by atoms with E-state index >= 15 is 0 Å². The Morgan fingerprint density at radius 3 is 2.46 bits per heavy atom. The molecular weight excluding hydrogens is 392 g/mol. The molecule has 0 aliphatic rings. The molecule has 0 atom stereocenters. The maximum absolute atomic E-state index is 5.94. The van der Waals surface area contributed by atoms with E-state index in [0.29, 0.717) is 12.6 Å². The van der Waals surface area contributed by atoms with Crippen molar-refractivity contribution in [2.75, 3.05) is 5.43 Å². The molecule has 0 spiro atoms. The molecular formula is C20H19BrN4O. The van der Waals surface area contributed by atoms with Gasteiger partial charge < -0.3 is 4.74 Å². The lowest BCUT2D eigenvalue weighted by atomic mass is 10.2.